The molecule has 0 spiro atoms. The van der Waals surface area contributed by atoms with Crippen molar-refractivity contribution in [2.45, 2.75) is 39.2 Å². The first-order valence-electron chi connectivity index (χ1n) is 9.49. The smallest absolute Gasteiger partial charge is 0.222 e. The molecule has 0 bridgehead atoms. The predicted octanol–water partition coefficient (Wildman–Crippen LogP) is 2.16. The Morgan fingerprint density at radius 2 is 1.96 bits per heavy atom. The van der Waals surface area contributed by atoms with Crippen molar-refractivity contribution in [3.8, 4) is 5.75 Å². The Kier molecular flexibility index (Phi) is 8.22. The van der Waals surface area contributed by atoms with Crippen LogP contribution in [0.15, 0.2) is 24.3 Å². The highest BCUT2D eigenvalue weighted by molar-refractivity contribution is 5.76. The molecule has 0 radical (unpaired) electrons. The van der Waals surface area contributed by atoms with E-state index in [0.717, 1.165) is 57.9 Å². The van der Waals surface area contributed by atoms with Crippen molar-refractivity contribution in [2.75, 3.05) is 46.4 Å². The number of hydrogen-bond donors (Lipinski definition) is 1. The summed E-state index contributed by atoms with van der Waals surface area (Å²) >= 11 is 0. The first kappa shape index (κ1) is 19.7. The molecular formula is C20H33N3O2. The number of likely N-dealkylation sites (N-methyl/N-ethyl adjacent to an activating group) is 1. The van der Waals surface area contributed by atoms with Crippen LogP contribution in [0.2, 0.25) is 0 Å². The Hall–Kier alpha value is -1.59. The molecule has 1 fully saturated rings. The van der Waals surface area contributed by atoms with Crippen molar-refractivity contribution in [3.63, 3.8) is 0 Å². The van der Waals surface area contributed by atoms with Gasteiger partial charge < -0.3 is 19.9 Å². The van der Waals surface area contributed by atoms with Crippen LogP contribution in [0.4, 0.5) is 0 Å². The summed E-state index contributed by atoms with van der Waals surface area (Å²) in [4.78, 5) is 16.7. The second-order valence-corrected chi connectivity index (χ2v) is 6.76. The minimum atomic E-state index is 0.306. The second kappa shape index (κ2) is 10.4. The molecule has 1 aliphatic rings. The summed E-state index contributed by atoms with van der Waals surface area (Å²) in [6.45, 7) is 10.0. The number of nitrogens with zero attached hydrogens (tertiary/aromatic N) is 2. The molecule has 1 aromatic rings. The summed E-state index contributed by atoms with van der Waals surface area (Å²) < 4.78 is 5.22. The molecule has 1 aromatic carbocycles. The lowest BCUT2D eigenvalue weighted by Gasteiger charge is -2.30. The minimum Gasteiger partial charge on any atom is -0.497 e. The second-order valence-electron chi connectivity index (χ2n) is 6.76. The van der Waals surface area contributed by atoms with E-state index in [1.807, 2.05) is 17.0 Å². The number of benzene rings is 1. The van der Waals surface area contributed by atoms with Crippen LogP contribution in [0.5, 0.6) is 5.75 Å². The van der Waals surface area contributed by atoms with Crippen molar-refractivity contribution in [1.82, 2.24) is 15.1 Å². The molecule has 0 saturated carbocycles. The number of rotatable bonds is 9. The van der Waals surface area contributed by atoms with Crippen LogP contribution in [0.3, 0.4) is 0 Å². The van der Waals surface area contributed by atoms with E-state index in [-0.39, 0.29) is 0 Å². The predicted molar refractivity (Wildman–Crippen MR) is 102 cm³/mol. The number of piperazine rings is 1. The average molecular weight is 348 g/mol. The van der Waals surface area contributed by atoms with Gasteiger partial charge >= 0.3 is 0 Å². The number of hydrogen-bond acceptors (Lipinski definition) is 4. The van der Waals surface area contributed by atoms with Crippen LogP contribution in [0, 0.1) is 0 Å². The fourth-order valence-corrected chi connectivity index (χ4v) is 3.43. The van der Waals surface area contributed by atoms with Gasteiger partial charge in [0.25, 0.3) is 0 Å². The lowest BCUT2D eigenvalue weighted by atomic mass is 10.1. The maximum absolute atomic E-state index is 12.3. The van der Waals surface area contributed by atoms with Gasteiger partial charge in [-0.2, -0.15) is 0 Å². The molecule has 5 heteroatoms. The molecule has 1 atom stereocenters. The number of nitrogens with one attached hydrogen (secondary N) is 1. The Bertz CT molecular complexity index is 512. The molecular weight excluding hydrogens is 314 g/mol. The van der Waals surface area contributed by atoms with E-state index in [4.69, 9.17) is 4.74 Å². The maximum Gasteiger partial charge on any atom is 0.222 e. The number of amides is 1. The van der Waals surface area contributed by atoms with Gasteiger partial charge in [-0.1, -0.05) is 19.1 Å². The van der Waals surface area contributed by atoms with Gasteiger partial charge in [0.1, 0.15) is 5.75 Å². The van der Waals surface area contributed by atoms with Crippen molar-refractivity contribution in [2.24, 2.45) is 0 Å². The fourth-order valence-electron chi connectivity index (χ4n) is 3.43. The summed E-state index contributed by atoms with van der Waals surface area (Å²) in [5.41, 5.74) is 1.32. The Labute approximate surface area is 152 Å². The van der Waals surface area contributed by atoms with Gasteiger partial charge in [0.2, 0.25) is 5.91 Å². The summed E-state index contributed by atoms with van der Waals surface area (Å²) in [6.07, 6.45) is 2.61. The zero-order valence-electron chi connectivity index (χ0n) is 16.0. The lowest BCUT2D eigenvalue weighted by molar-refractivity contribution is -0.131. The number of methoxy groups -OCH3 is 1. The molecule has 1 heterocycles. The number of carbonyl (C=O) groups excluding carboxylic acids is 1. The van der Waals surface area contributed by atoms with Crippen molar-refractivity contribution in [3.05, 3.63) is 29.8 Å². The Morgan fingerprint density at radius 1 is 1.28 bits per heavy atom. The zero-order chi connectivity index (χ0) is 18.1. The van der Waals surface area contributed by atoms with Crippen LogP contribution >= 0.6 is 0 Å². The molecule has 0 aliphatic carbocycles. The molecule has 1 aliphatic heterocycles. The van der Waals surface area contributed by atoms with Gasteiger partial charge in [0.15, 0.2) is 0 Å². The van der Waals surface area contributed by atoms with E-state index in [2.05, 4.69) is 36.2 Å². The summed E-state index contributed by atoms with van der Waals surface area (Å²) in [5.74, 6) is 1.20. The molecule has 1 unspecified atom stereocenters. The maximum atomic E-state index is 12.3. The molecule has 140 valence electrons. The number of carbonyl (C=O) groups is 1. The highest BCUT2D eigenvalue weighted by Gasteiger charge is 2.17. The van der Waals surface area contributed by atoms with Gasteiger partial charge in [-0.05, 0) is 50.6 Å². The minimum absolute atomic E-state index is 0.306. The largest absolute Gasteiger partial charge is 0.497 e. The molecule has 2 rings (SSSR count). The summed E-state index contributed by atoms with van der Waals surface area (Å²) in [6, 6.07) is 8.77. The van der Waals surface area contributed by atoms with E-state index in [0.29, 0.717) is 18.4 Å². The third kappa shape index (κ3) is 6.33. The van der Waals surface area contributed by atoms with Crippen LogP contribution < -0.4 is 10.1 Å². The lowest BCUT2D eigenvalue weighted by Crippen LogP contribution is -2.46. The average Bonchev–Trinajstić information content (AvgIpc) is 2.66. The van der Waals surface area contributed by atoms with Crippen LogP contribution in [0.25, 0.3) is 0 Å². The molecule has 1 amide bonds. The van der Waals surface area contributed by atoms with Crippen molar-refractivity contribution >= 4 is 5.91 Å². The van der Waals surface area contributed by atoms with Gasteiger partial charge in [0, 0.05) is 38.6 Å². The molecule has 5 nitrogen and oxygen atoms in total. The SMILES string of the molecule is CCN(CCCC(=O)N1CCNCC1)C(C)Cc1ccc(OC)cc1. The highest BCUT2D eigenvalue weighted by atomic mass is 16.5. The van der Waals surface area contributed by atoms with Crippen molar-refractivity contribution < 1.29 is 9.53 Å². The number of ether oxygens (including phenoxy) is 1. The summed E-state index contributed by atoms with van der Waals surface area (Å²) in [7, 11) is 1.69. The van der Waals surface area contributed by atoms with Gasteiger partial charge in [-0.25, -0.2) is 0 Å². The van der Waals surface area contributed by atoms with E-state index in [9.17, 15) is 4.79 Å². The third-order valence-electron chi connectivity index (χ3n) is 5.03. The van der Waals surface area contributed by atoms with E-state index >= 15 is 0 Å². The monoisotopic (exact) mass is 347 g/mol. The quantitative estimate of drug-likeness (QED) is 0.743. The van der Waals surface area contributed by atoms with Crippen LogP contribution in [0.1, 0.15) is 32.3 Å². The molecule has 0 aromatic heterocycles. The first-order chi connectivity index (χ1) is 12.1. The Balaban J connectivity index is 1.74. The standard InChI is InChI=1S/C20H33N3O2/c1-4-22(13-5-6-20(24)23-14-11-21-12-15-23)17(2)16-18-7-9-19(25-3)10-8-18/h7-10,17,21H,4-6,11-16H2,1-3H3. The van der Waals surface area contributed by atoms with E-state index < -0.39 is 0 Å². The van der Waals surface area contributed by atoms with E-state index in [1.54, 1.807) is 7.11 Å². The van der Waals surface area contributed by atoms with Crippen molar-refractivity contribution in [1.29, 1.82) is 0 Å². The van der Waals surface area contributed by atoms with Crippen LogP contribution in [-0.2, 0) is 11.2 Å². The molecule has 1 N–H and O–H groups in total. The fraction of sp³-hybridized carbons (Fsp3) is 0.650. The first-order valence-corrected chi connectivity index (χ1v) is 9.49. The van der Waals surface area contributed by atoms with E-state index in [1.165, 1.54) is 5.56 Å². The van der Waals surface area contributed by atoms with Gasteiger partial charge in [-0.3, -0.25) is 4.79 Å². The van der Waals surface area contributed by atoms with Gasteiger partial charge in [-0.15, -0.1) is 0 Å². The summed E-state index contributed by atoms with van der Waals surface area (Å²) in [5, 5.41) is 3.29. The highest BCUT2D eigenvalue weighted by Crippen LogP contribution is 2.15. The topological polar surface area (TPSA) is 44.8 Å². The molecule has 25 heavy (non-hydrogen) atoms. The van der Waals surface area contributed by atoms with Gasteiger partial charge in [0.05, 0.1) is 7.11 Å². The normalized spacial score (nSPS) is 16.1. The molecule has 1 saturated heterocycles. The third-order valence-corrected chi connectivity index (χ3v) is 5.03. The Morgan fingerprint density at radius 3 is 2.56 bits per heavy atom. The zero-order valence-corrected chi connectivity index (χ0v) is 16.0. The van der Waals surface area contributed by atoms with Crippen LogP contribution in [-0.4, -0.2) is 68.1 Å².